The molecule has 4 nitrogen and oxygen atoms in total. The second-order valence-electron chi connectivity index (χ2n) is 5.92. The normalized spacial score (nSPS) is 19.3. The van der Waals surface area contributed by atoms with Gasteiger partial charge in [-0.1, -0.05) is 12.1 Å². The number of aromatic nitrogens is 2. The molecule has 1 aliphatic heterocycles. The summed E-state index contributed by atoms with van der Waals surface area (Å²) in [4.78, 5) is 21.0. The minimum absolute atomic E-state index is 0.108. The second kappa shape index (κ2) is 6.22. The van der Waals surface area contributed by atoms with Crippen LogP contribution in [0.3, 0.4) is 0 Å². The molecule has 1 atom stereocenters. The van der Waals surface area contributed by atoms with Crippen molar-refractivity contribution in [3.63, 3.8) is 0 Å². The molecule has 1 aromatic heterocycles. The molecule has 124 valence electrons. The molecular formula is C16H18F3N3O. The van der Waals surface area contributed by atoms with Gasteiger partial charge in [0.05, 0.1) is 17.0 Å². The highest BCUT2D eigenvalue weighted by Crippen LogP contribution is 2.33. The quantitative estimate of drug-likeness (QED) is 0.941. The van der Waals surface area contributed by atoms with Crippen LogP contribution in [-0.4, -0.2) is 40.0 Å². The van der Waals surface area contributed by atoms with Crippen molar-refractivity contribution < 1.29 is 18.0 Å². The molecule has 1 aromatic carbocycles. The van der Waals surface area contributed by atoms with Gasteiger partial charge < -0.3 is 9.88 Å². The average molecular weight is 325 g/mol. The summed E-state index contributed by atoms with van der Waals surface area (Å²) in [6.07, 6.45) is -3.14. The first kappa shape index (κ1) is 15.8. The largest absolute Gasteiger partial charge is 0.393 e. The summed E-state index contributed by atoms with van der Waals surface area (Å²) in [5.41, 5.74) is 1.72. The van der Waals surface area contributed by atoms with E-state index < -0.39 is 12.1 Å². The number of carbonyl (C=O) groups excluding carboxylic acids is 1. The summed E-state index contributed by atoms with van der Waals surface area (Å²) in [5, 5.41) is 0. The van der Waals surface area contributed by atoms with Gasteiger partial charge in [0.1, 0.15) is 5.82 Å². The third-order valence-corrected chi connectivity index (χ3v) is 4.25. The first-order chi connectivity index (χ1) is 10.9. The van der Waals surface area contributed by atoms with E-state index in [2.05, 4.69) is 9.97 Å². The first-order valence-electron chi connectivity index (χ1n) is 7.71. The zero-order valence-corrected chi connectivity index (χ0v) is 12.6. The third-order valence-electron chi connectivity index (χ3n) is 4.25. The predicted molar refractivity (Wildman–Crippen MR) is 79.8 cm³/mol. The lowest BCUT2D eigenvalue weighted by Gasteiger charge is -2.33. The summed E-state index contributed by atoms with van der Waals surface area (Å²) in [6.45, 7) is 0.188. The molecule has 1 fully saturated rings. The Bertz CT molecular complexity index is 662. The molecule has 0 unspecified atom stereocenters. The smallest absolute Gasteiger partial charge is 0.342 e. The number of hydrogen-bond acceptors (Lipinski definition) is 2. The number of nitrogens with zero attached hydrogens (tertiary/aromatic N) is 2. The maximum atomic E-state index is 12.8. The Labute approximate surface area is 131 Å². The zero-order valence-electron chi connectivity index (χ0n) is 12.6. The van der Waals surface area contributed by atoms with Gasteiger partial charge in [0, 0.05) is 25.9 Å². The Morgan fingerprint density at radius 2 is 2.13 bits per heavy atom. The van der Waals surface area contributed by atoms with Crippen LogP contribution in [-0.2, 0) is 11.2 Å². The van der Waals surface area contributed by atoms with Crippen LogP contribution in [0.4, 0.5) is 13.2 Å². The van der Waals surface area contributed by atoms with Crippen LogP contribution >= 0.6 is 0 Å². The minimum Gasteiger partial charge on any atom is -0.342 e. The molecular weight excluding hydrogens is 307 g/mol. The molecule has 23 heavy (non-hydrogen) atoms. The lowest BCUT2D eigenvalue weighted by molar-refractivity contribution is -0.188. The van der Waals surface area contributed by atoms with Crippen molar-refractivity contribution in [2.45, 2.75) is 31.9 Å². The fourth-order valence-corrected chi connectivity index (χ4v) is 2.98. The molecule has 1 amide bonds. The molecule has 1 N–H and O–H groups in total. The highest BCUT2D eigenvalue weighted by atomic mass is 19.4. The van der Waals surface area contributed by atoms with E-state index in [-0.39, 0.29) is 25.3 Å². The van der Waals surface area contributed by atoms with Gasteiger partial charge in [0.2, 0.25) is 5.91 Å². The van der Waals surface area contributed by atoms with Crippen LogP contribution in [0.2, 0.25) is 0 Å². The lowest BCUT2D eigenvalue weighted by Crippen LogP contribution is -2.44. The number of para-hydroxylation sites is 2. The number of H-pyrrole nitrogens is 1. The van der Waals surface area contributed by atoms with Crippen molar-refractivity contribution in [2.24, 2.45) is 5.92 Å². The van der Waals surface area contributed by atoms with Crippen LogP contribution in [0.5, 0.6) is 0 Å². The Morgan fingerprint density at radius 3 is 2.87 bits per heavy atom. The van der Waals surface area contributed by atoms with Gasteiger partial charge in [0.25, 0.3) is 0 Å². The van der Waals surface area contributed by atoms with Crippen molar-refractivity contribution in [3.8, 4) is 0 Å². The minimum atomic E-state index is -4.22. The van der Waals surface area contributed by atoms with E-state index >= 15 is 0 Å². The number of rotatable bonds is 3. The number of nitrogens with one attached hydrogen (secondary N) is 1. The molecule has 0 radical (unpaired) electrons. The van der Waals surface area contributed by atoms with Gasteiger partial charge in [-0.15, -0.1) is 0 Å². The molecule has 0 aliphatic carbocycles. The van der Waals surface area contributed by atoms with E-state index in [1.165, 1.54) is 4.90 Å². The van der Waals surface area contributed by atoms with Crippen molar-refractivity contribution >= 4 is 16.9 Å². The molecule has 0 saturated carbocycles. The molecule has 0 bridgehead atoms. The molecule has 2 aromatic rings. The fraction of sp³-hybridized carbons (Fsp3) is 0.500. The van der Waals surface area contributed by atoms with Gasteiger partial charge in [-0.3, -0.25) is 4.79 Å². The zero-order chi connectivity index (χ0) is 16.4. The summed E-state index contributed by atoms with van der Waals surface area (Å²) in [6, 6.07) is 7.53. The second-order valence-corrected chi connectivity index (χ2v) is 5.92. The Hall–Kier alpha value is -2.05. The molecule has 7 heteroatoms. The van der Waals surface area contributed by atoms with Crippen molar-refractivity contribution in [1.29, 1.82) is 0 Å². The van der Waals surface area contributed by atoms with Crippen molar-refractivity contribution in [2.75, 3.05) is 13.1 Å². The average Bonchev–Trinajstić information content (AvgIpc) is 2.95. The topological polar surface area (TPSA) is 49.0 Å². The number of fused-ring (bicyclic) bond motifs is 1. The fourth-order valence-electron chi connectivity index (χ4n) is 2.98. The number of halogens is 3. The maximum absolute atomic E-state index is 12.8. The number of alkyl halides is 3. The van der Waals surface area contributed by atoms with E-state index in [1.807, 2.05) is 24.3 Å². The summed E-state index contributed by atoms with van der Waals surface area (Å²) in [7, 11) is 0. The van der Waals surface area contributed by atoms with E-state index in [0.29, 0.717) is 25.2 Å². The highest BCUT2D eigenvalue weighted by molar-refractivity contribution is 5.77. The number of hydrogen-bond donors (Lipinski definition) is 1. The van der Waals surface area contributed by atoms with E-state index in [9.17, 15) is 18.0 Å². The third kappa shape index (κ3) is 3.65. The Morgan fingerprint density at radius 1 is 1.35 bits per heavy atom. The molecule has 2 heterocycles. The monoisotopic (exact) mass is 325 g/mol. The van der Waals surface area contributed by atoms with Gasteiger partial charge in [-0.2, -0.15) is 13.2 Å². The number of piperidine rings is 1. The number of amides is 1. The predicted octanol–water partition coefficient (Wildman–Crippen LogP) is 3.30. The van der Waals surface area contributed by atoms with Crippen LogP contribution in [0.1, 0.15) is 25.1 Å². The number of aromatic amines is 1. The summed E-state index contributed by atoms with van der Waals surface area (Å²) < 4.78 is 38.4. The SMILES string of the molecule is O=C(CCc1nc2ccccc2[nH]1)N1CCC[C@@H](C(F)(F)F)C1. The molecule has 3 rings (SSSR count). The number of benzene rings is 1. The molecule has 1 saturated heterocycles. The molecule has 1 aliphatic rings. The standard InChI is InChI=1S/C16H18F3N3O/c17-16(18,19)11-4-3-9-22(10-11)15(23)8-7-14-20-12-5-1-2-6-13(12)21-14/h1-2,5-6,11H,3-4,7-10H2,(H,20,21)/t11-/m1/s1. The highest BCUT2D eigenvalue weighted by Gasteiger charge is 2.42. The van der Waals surface area contributed by atoms with Gasteiger partial charge in [0.15, 0.2) is 0 Å². The first-order valence-corrected chi connectivity index (χ1v) is 7.71. The summed E-state index contributed by atoms with van der Waals surface area (Å²) >= 11 is 0. The number of imidazole rings is 1. The van der Waals surface area contributed by atoms with E-state index in [4.69, 9.17) is 0 Å². The summed E-state index contributed by atoms with van der Waals surface area (Å²) in [5.74, 6) is -0.949. The van der Waals surface area contributed by atoms with Crippen molar-refractivity contribution in [1.82, 2.24) is 14.9 Å². The van der Waals surface area contributed by atoms with Crippen LogP contribution in [0.15, 0.2) is 24.3 Å². The van der Waals surface area contributed by atoms with Crippen molar-refractivity contribution in [3.05, 3.63) is 30.1 Å². The lowest BCUT2D eigenvalue weighted by atomic mass is 9.97. The van der Waals surface area contributed by atoms with E-state index in [1.54, 1.807) is 0 Å². The van der Waals surface area contributed by atoms with Gasteiger partial charge in [-0.05, 0) is 25.0 Å². The molecule has 0 spiro atoms. The number of likely N-dealkylation sites (tertiary alicyclic amines) is 1. The van der Waals surface area contributed by atoms with Gasteiger partial charge in [-0.25, -0.2) is 4.98 Å². The number of aryl methyl sites for hydroxylation is 1. The van der Waals surface area contributed by atoms with Crippen LogP contribution < -0.4 is 0 Å². The van der Waals surface area contributed by atoms with Crippen LogP contribution in [0, 0.1) is 5.92 Å². The Kier molecular flexibility index (Phi) is 4.28. The van der Waals surface area contributed by atoms with Gasteiger partial charge >= 0.3 is 6.18 Å². The van der Waals surface area contributed by atoms with Crippen LogP contribution in [0.25, 0.3) is 11.0 Å². The maximum Gasteiger partial charge on any atom is 0.393 e. The van der Waals surface area contributed by atoms with E-state index in [0.717, 1.165) is 11.0 Å². The Balaban J connectivity index is 1.58. The number of carbonyl (C=O) groups is 1.